The summed E-state index contributed by atoms with van der Waals surface area (Å²) in [4.78, 5) is 26.1. The van der Waals surface area contributed by atoms with Crippen LogP contribution in [-0.4, -0.2) is 54.3 Å². The topological polar surface area (TPSA) is 83.6 Å². The van der Waals surface area contributed by atoms with Gasteiger partial charge in [-0.1, -0.05) is 13.8 Å². The minimum absolute atomic E-state index is 0.0546. The second-order valence-corrected chi connectivity index (χ2v) is 9.39. The molecule has 0 aliphatic carbocycles. The van der Waals surface area contributed by atoms with Crippen molar-refractivity contribution in [2.75, 3.05) is 12.3 Å². The predicted octanol–water partition coefficient (Wildman–Crippen LogP) is 0.571. The van der Waals surface area contributed by atoms with Crippen LogP contribution in [0.1, 0.15) is 41.5 Å². The first-order chi connectivity index (χ1) is 9.40. The van der Waals surface area contributed by atoms with Gasteiger partial charge in [-0.15, -0.1) is 0 Å². The van der Waals surface area contributed by atoms with Gasteiger partial charge in [-0.3, -0.25) is 9.59 Å². The molecule has 6 nitrogen and oxygen atoms in total. The van der Waals surface area contributed by atoms with Gasteiger partial charge in [-0.2, -0.15) is 0 Å². The molecule has 122 valence electrons. The molecule has 1 unspecified atom stereocenters. The molecule has 0 spiro atoms. The molecule has 1 aliphatic heterocycles. The van der Waals surface area contributed by atoms with Gasteiger partial charge in [0.25, 0.3) is 0 Å². The second-order valence-electron chi connectivity index (χ2n) is 6.72. The standard InChI is InChI=1S/C14H26N2O4S/c1-9(2)11-12(17)15-14(5,6)13(18)16(11)7-8-21(19,20)10(3)4/h9-11H,7-8H2,1-6H3,(H,15,17). The van der Waals surface area contributed by atoms with Crippen LogP contribution in [0.3, 0.4) is 0 Å². The Labute approximate surface area is 127 Å². The minimum Gasteiger partial charge on any atom is -0.340 e. The van der Waals surface area contributed by atoms with Crippen LogP contribution in [-0.2, 0) is 19.4 Å². The van der Waals surface area contributed by atoms with Crippen molar-refractivity contribution in [1.82, 2.24) is 10.2 Å². The number of hydrogen-bond donors (Lipinski definition) is 1. The molecule has 1 rings (SSSR count). The molecule has 21 heavy (non-hydrogen) atoms. The average Bonchev–Trinajstić information content (AvgIpc) is 2.30. The van der Waals surface area contributed by atoms with Gasteiger partial charge in [0.05, 0.1) is 11.0 Å². The van der Waals surface area contributed by atoms with E-state index in [1.165, 1.54) is 4.90 Å². The summed E-state index contributed by atoms with van der Waals surface area (Å²) in [7, 11) is -3.25. The van der Waals surface area contributed by atoms with E-state index < -0.39 is 26.7 Å². The SMILES string of the molecule is CC(C)C1C(=O)NC(C)(C)C(=O)N1CCS(=O)(=O)C(C)C. The smallest absolute Gasteiger partial charge is 0.248 e. The second kappa shape index (κ2) is 5.94. The lowest BCUT2D eigenvalue weighted by Crippen LogP contribution is -2.69. The molecule has 0 aromatic rings. The number of nitrogens with one attached hydrogen (secondary N) is 1. The van der Waals surface area contributed by atoms with E-state index in [0.717, 1.165) is 0 Å². The first-order valence-electron chi connectivity index (χ1n) is 7.25. The van der Waals surface area contributed by atoms with Gasteiger partial charge in [0.15, 0.2) is 9.84 Å². The number of amides is 2. The Hall–Kier alpha value is -1.11. The number of hydrogen-bond acceptors (Lipinski definition) is 4. The average molecular weight is 318 g/mol. The maximum Gasteiger partial charge on any atom is 0.248 e. The van der Waals surface area contributed by atoms with Crippen molar-refractivity contribution in [1.29, 1.82) is 0 Å². The Bertz CT molecular complexity index is 523. The molecule has 0 bridgehead atoms. The number of nitrogens with zero attached hydrogens (tertiary/aromatic N) is 1. The van der Waals surface area contributed by atoms with E-state index >= 15 is 0 Å². The highest BCUT2D eigenvalue weighted by Gasteiger charge is 2.46. The number of sulfone groups is 1. The van der Waals surface area contributed by atoms with Gasteiger partial charge in [0.2, 0.25) is 11.8 Å². The van der Waals surface area contributed by atoms with E-state index in [0.29, 0.717) is 0 Å². The lowest BCUT2D eigenvalue weighted by atomic mass is 9.91. The third-order valence-corrected chi connectivity index (χ3v) is 5.99. The monoisotopic (exact) mass is 318 g/mol. The molecule has 7 heteroatoms. The molecule has 1 saturated heterocycles. The lowest BCUT2D eigenvalue weighted by Gasteiger charge is -2.44. The Morgan fingerprint density at radius 1 is 1.19 bits per heavy atom. The van der Waals surface area contributed by atoms with Crippen LogP contribution in [0, 0.1) is 5.92 Å². The summed E-state index contributed by atoms with van der Waals surface area (Å²) in [5, 5.41) is 2.22. The molecule has 0 radical (unpaired) electrons. The van der Waals surface area contributed by atoms with Crippen molar-refractivity contribution in [3.05, 3.63) is 0 Å². The van der Waals surface area contributed by atoms with Crippen LogP contribution in [0.4, 0.5) is 0 Å². The molecule has 0 saturated carbocycles. The van der Waals surface area contributed by atoms with E-state index in [1.807, 2.05) is 13.8 Å². The van der Waals surface area contributed by atoms with Crippen molar-refractivity contribution < 1.29 is 18.0 Å². The van der Waals surface area contributed by atoms with Crippen LogP contribution >= 0.6 is 0 Å². The van der Waals surface area contributed by atoms with Crippen LogP contribution in [0.15, 0.2) is 0 Å². The summed E-state index contributed by atoms with van der Waals surface area (Å²) in [5.74, 6) is -0.661. The summed E-state index contributed by atoms with van der Waals surface area (Å²) >= 11 is 0. The number of carbonyl (C=O) groups excluding carboxylic acids is 2. The molecule has 0 aromatic carbocycles. The van der Waals surface area contributed by atoms with E-state index in [4.69, 9.17) is 0 Å². The Kier molecular flexibility index (Phi) is 5.08. The van der Waals surface area contributed by atoms with Crippen molar-refractivity contribution in [3.63, 3.8) is 0 Å². The normalized spacial score (nSPS) is 22.9. The van der Waals surface area contributed by atoms with Gasteiger partial charge in [0.1, 0.15) is 11.6 Å². The van der Waals surface area contributed by atoms with Gasteiger partial charge >= 0.3 is 0 Å². The van der Waals surface area contributed by atoms with Crippen LogP contribution < -0.4 is 5.32 Å². The molecule has 1 aliphatic rings. The van der Waals surface area contributed by atoms with Gasteiger partial charge in [-0.05, 0) is 33.6 Å². The van der Waals surface area contributed by atoms with Crippen LogP contribution in [0.2, 0.25) is 0 Å². The highest BCUT2D eigenvalue weighted by molar-refractivity contribution is 7.92. The molecular weight excluding hydrogens is 292 g/mol. The predicted molar refractivity (Wildman–Crippen MR) is 81.5 cm³/mol. The largest absolute Gasteiger partial charge is 0.340 e. The van der Waals surface area contributed by atoms with Crippen LogP contribution in [0.5, 0.6) is 0 Å². The molecule has 0 aromatic heterocycles. The number of piperazine rings is 1. The zero-order valence-corrected chi connectivity index (χ0v) is 14.5. The van der Waals surface area contributed by atoms with Crippen molar-refractivity contribution in [2.24, 2.45) is 5.92 Å². The number of rotatable bonds is 5. The Morgan fingerprint density at radius 2 is 1.71 bits per heavy atom. The molecular formula is C14H26N2O4S. The molecule has 1 heterocycles. The summed E-state index contributed by atoms with van der Waals surface area (Å²) < 4.78 is 23.9. The van der Waals surface area contributed by atoms with E-state index in [2.05, 4.69) is 5.32 Å². The van der Waals surface area contributed by atoms with Crippen molar-refractivity contribution >= 4 is 21.7 Å². The summed E-state index contributed by atoms with van der Waals surface area (Å²) in [6, 6.07) is -0.618. The van der Waals surface area contributed by atoms with Gasteiger partial charge in [-0.25, -0.2) is 8.42 Å². The molecule has 2 amide bonds. The summed E-state index contributed by atoms with van der Waals surface area (Å²) in [6.45, 7) is 10.2. The fourth-order valence-corrected chi connectivity index (χ4v) is 3.35. The van der Waals surface area contributed by atoms with Crippen molar-refractivity contribution in [3.8, 4) is 0 Å². The fourth-order valence-electron chi connectivity index (χ4n) is 2.43. The number of carbonyl (C=O) groups is 2. The quantitative estimate of drug-likeness (QED) is 0.803. The van der Waals surface area contributed by atoms with Crippen molar-refractivity contribution in [2.45, 2.75) is 58.4 Å². The summed E-state index contributed by atoms with van der Waals surface area (Å²) in [6.07, 6.45) is 0. The highest BCUT2D eigenvalue weighted by atomic mass is 32.2. The minimum atomic E-state index is -3.25. The fraction of sp³-hybridized carbons (Fsp3) is 0.857. The molecule has 1 N–H and O–H groups in total. The summed E-state index contributed by atoms with van der Waals surface area (Å²) in [5.41, 5.74) is -0.996. The van der Waals surface area contributed by atoms with Gasteiger partial charge < -0.3 is 10.2 Å². The maximum atomic E-state index is 12.5. The van der Waals surface area contributed by atoms with E-state index in [1.54, 1.807) is 27.7 Å². The van der Waals surface area contributed by atoms with E-state index in [9.17, 15) is 18.0 Å². The molecule has 1 atom stereocenters. The zero-order chi connectivity index (χ0) is 16.6. The Morgan fingerprint density at radius 3 is 2.14 bits per heavy atom. The van der Waals surface area contributed by atoms with Gasteiger partial charge in [0, 0.05) is 6.54 Å². The highest BCUT2D eigenvalue weighted by Crippen LogP contribution is 2.22. The van der Waals surface area contributed by atoms with Crippen LogP contribution in [0.25, 0.3) is 0 Å². The van der Waals surface area contributed by atoms with E-state index in [-0.39, 0.29) is 30.0 Å². The lowest BCUT2D eigenvalue weighted by molar-refractivity contribution is -0.154. The first-order valence-corrected chi connectivity index (χ1v) is 8.96. The zero-order valence-electron chi connectivity index (χ0n) is 13.6. The third-order valence-electron chi connectivity index (χ3n) is 3.80. The molecule has 1 fully saturated rings. The first kappa shape index (κ1) is 17.9. The third kappa shape index (κ3) is 3.75. The Balaban J connectivity index is 3.02. The maximum absolute atomic E-state index is 12.5.